The van der Waals surface area contributed by atoms with Crippen molar-refractivity contribution in [3.63, 3.8) is 0 Å². The number of hydrogen-bond donors (Lipinski definition) is 16. The first kappa shape index (κ1) is 57.2. The number of hydrogen-bond acceptors (Lipinski definition) is 16. The summed E-state index contributed by atoms with van der Waals surface area (Å²) >= 11 is 7.95. The highest BCUT2D eigenvalue weighted by atomic mass is 32.1. The number of carboxylic acid groups (broad SMARTS) is 2. The Labute approximate surface area is 411 Å². The number of carbonyl (C=O) groups is 10. The average molecular weight is 1020 g/mol. The first-order chi connectivity index (χ1) is 33.1. The first-order valence-electron chi connectivity index (χ1n) is 21.8. The van der Waals surface area contributed by atoms with Crippen LogP contribution in [0.25, 0.3) is 0 Å². The molecule has 27 nitrogen and oxygen atoms in total. The van der Waals surface area contributed by atoms with Gasteiger partial charge in [0.15, 0.2) is 5.96 Å². The maximum Gasteiger partial charge on any atom is 0.327 e. The topological polar surface area (TPSA) is 438 Å². The molecule has 1 aromatic carbocycles. The van der Waals surface area contributed by atoms with Crippen LogP contribution in [0.15, 0.2) is 41.8 Å². The van der Waals surface area contributed by atoms with Crippen molar-refractivity contribution in [3.8, 4) is 5.75 Å². The molecule has 8 atom stereocenters. The number of guanidine groups is 1. The Morgan fingerprint density at radius 3 is 2.04 bits per heavy atom. The SMILES string of the molecule is C[C@H](NC(=O)[C@H](CCCN=C(N)N)NC(=O)[C@H](CC(=O)O)NC(=O)[C@H](Cc1ccc(O)cc1)NC(=O)CNC(=O)[C@H](Cc1cnc[nH]1)NC(=O)[C@@H](N)CS)C(=O)N1CCC[C@H]1C(=O)N[C@@H](CS)C(=O)O. The number of aromatic amines is 1. The minimum absolute atomic E-state index is 0.0250. The molecule has 0 unspecified atom stereocenters. The molecule has 0 radical (unpaired) electrons. The number of thiol groups is 2. The second kappa shape index (κ2) is 28.4. The first-order valence-corrected chi connectivity index (χ1v) is 23.0. The number of aliphatic carboxylic acids is 2. The number of aromatic hydroxyl groups is 1. The molecule has 384 valence electrons. The standard InChI is InChI=1S/C41H60N14O13S2/c1-20(39(66)55-11-3-5-30(55)38(65)54-29(18-70)40(67)68)49-35(62)25(4-2-10-46-41(43)44)51-37(64)28(14-32(58)59)53-36(63)26(12-21-6-8-23(56)9-7-21)50-31(57)16-47-34(61)27(13-22-15-45-19-48-22)52-33(60)24(42)17-69/h6-9,15,19-20,24-30,56,69-70H,2-5,10-14,16-18,42H2,1H3,(H,45,48)(H,47,61)(H,49,62)(H,50,57)(H,51,64)(H,52,60)(H,53,63)(H,54,65)(H,58,59)(H,67,68)(H4,43,44,46)/t20-,24-,25-,26-,27-,28-,29-,30-/m0/s1. The number of aromatic nitrogens is 2. The van der Waals surface area contributed by atoms with Crippen LogP contribution in [0.4, 0.5) is 0 Å². The molecule has 1 fully saturated rings. The fraction of sp³-hybridized carbons (Fsp3) is 0.512. The largest absolute Gasteiger partial charge is 0.508 e. The molecule has 70 heavy (non-hydrogen) atoms. The number of aliphatic imine (C=N–C) groups is 1. The Balaban J connectivity index is 1.81. The minimum Gasteiger partial charge on any atom is -0.508 e. The van der Waals surface area contributed by atoms with E-state index in [1.807, 2.05) is 0 Å². The number of carbonyl (C=O) groups excluding carboxylic acids is 8. The number of phenols is 1. The van der Waals surface area contributed by atoms with Crippen LogP contribution in [0, 0.1) is 0 Å². The third kappa shape index (κ3) is 18.7. The summed E-state index contributed by atoms with van der Waals surface area (Å²) in [5, 5.41) is 45.9. The maximum atomic E-state index is 14.0. The number of benzene rings is 1. The molecule has 3 rings (SSSR count). The Kier molecular flexibility index (Phi) is 23.2. The van der Waals surface area contributed by atoms with Crippen molar-refractivity contribution in [1.29, 1.82) is 0 Å². The number of nitrogens with two attached hydrogens (primary N) is 3. The van der Waals surface area contributed by atoms with E-state index < -0.39 is 120 Å². The minimum atomic E-state index is -1.89. The molecule has 1 saturated heterocycles. The van der Waals surface area contributed by atoms with Crippen molar-refractivity contribution >= 4 is 90.4 Å². The normalized spacial score (nSPS) is 16.1. The molecule has 0 spiro atoms. The van der Waals surface area contributed by atoms with Crippen LogP contribution in [0.1, 0.15) is 50.3 Å². The van der Waals surface area contributed by atoms with Gasteiger partial charge in [0.25, 0.3) is 0 Å². The van der Waals surface area contributed by atoms with E-state index in [0.29, 0.717) is 17.7 Å². The van der Waals surface area contributed by atoms with Crippen LogP contribution < -0.4 is 54.4 Å². The lowest BCUT2D eigenvalue weighted by molar-refractivity contribution is -0.144. The lowest BCUT2D eigenvalue weighted by Crippen LogP contribution is -2.59. The van der Waals surface area contributed by atoms with Crippen LogP contribution in [-0.4, -0.2) is 175 Å². The molecule has 1 aliphatic heterocycles. The Morgan fingerprint density at radius 1 is 0.814 bits per heavy atom. The van der Waals surface area contributed by atoms with Gasteiger partial charge in [0.1, 0.15) is 48.0 Å². The molecule has 1 aromatic heterocycles. The number of nitrogens with one attached hydrogen (secondary N) is 8. The third-order valence-electron chi connectivity index (χ3n) is 10.6. The van der Waals surface area contributed by atoms with Gasteiger partial charge >= 0.3 is 11.9 Å². The van der Waals surface area contributed by atoms with E-state index in [9.17, 15) is 63.3 Å². The van der Waals surface area contributed by atoms with Gasteiger partial charge in [-0.2, -0.15) is 25.3 Å². The molecule has 29 heteroatoms. The van der Waals surface area contributed by atoms with Gasteiger partial charge in [0.2, 0.25) is 47.3 Å². The number of amides is 8. The van der Waals surface area contributed by atoms with Crippen molar-refractivity contribution in [2.24, 2.45) is 22.2 Å². The van der Waals surface area contributed by atoms with Crippen molar-refractivity contribution in [3.05, 3.63) is 48.0 Å². The molecule has 17 N–H and O–H groups in total. The van der Waals surface area contributed by atoms with Crippen LogP contribution in [0.3, 0.4) is 0 Å². The van der Waals surface area contributed by atoms with Gasteiger partial charge in [-0.15, -0.1) is 0 Å². The van der Waals surface area contributed by atoms with Crippen molar-refractivity contribution < 1.29 is 63.3 Å². The highest BCUT2D eigenvalue weighted by Crippen LogP contribution is 2.19. The summed E-state index contributed by atoms with van der Waals surface area (Å²) in [5.41, 5.74) is 17.5. The summed E-state index contributed by atoms with van der Waals surface area (Å²) in [4.78, 5) is 143. The van der Waals surface area contributed by atoms with Crippen LogP contribution in [-0.2, 0) is 60.8 Å². The van der Waals surface area contributed by atoms with Gasteiger partial charge in [-0.1, -0.05) is 12.1 Å². The summed E-state index contributed by atoms with van der Waals surface area (Å²) in [6.45, 7) is 0.658. The summed E-state index contributed by atoms with van der Waals surface area (Å²) in [5.74, 6) is -10.6. The Hall–Kier alpha value is -7.14. The van der Waals surface area contributed by atoms with Gasteiger partial charge in [-0.3, -0.25) is 48.1 Å². The molecule has 2 heterocycles. The fourth-order valence-corrected chi connectivity index (χ4v) is 7.30. The highest BCUT2D eigenvalue weighted by Gasteiger charge is 2.39. The quantitative estimate of drug-likeness (QED) is 0.0164. The molecule has 1 aliphatic rings. The molecule has 8 amide bonds. The third-order valence-corrected chi connectivity index (χ3v) is 11.3. The number of likely N-dealkylation sites (tertiary alicyclic amines) is 1. The molecule has 0 bridgehead atoms. The van der Waals surface area contributed by atoms with Crippen LogP contribution in [0.5, 0.6) is 5.75 Å². The number of phenolic OH excluding ortho intramolecular Hbond substituents is 1. The summed E-state index contributed by atoms with van der Waals surface area (Å²) < 4.78 is 0. The molecule has 2 aromatic rings. The van der Waals surface area contributed by atoms with E-state index in [4.69, 9.17) is 17.2 Å². The average Bonchev–Trinajstić information content (AvgIpc) is 4.03. The molecular formula is C41H60N14O13S2. The number of nitrogens with zero attached hydrogens (tertiary/aromatic N) is 3. The zero-order chi connectivity index (χ0) is 52.1. The number of H-pyrrole nitrogens is 1. The van der Waals surface area contributed by atoms with E-state index in [0.717, 1.165) is 0 Å². The molecule has 0 aliphatic carbocycles. The van der Waals surface area contributed by atoms with E-state index >= 15 is 0 Å². The van der Waals surface area contributed by atoms with E-state index in [-0.39, 0.29) is 68.4 Å². The van der Waals surface area contributed by atoms with Gasteiger partial charge in [0.05, 0.1) is 25.3 Å². The monoisotopic (exact) mass is 1020 g/mol. The van der Waals surface area contributed by atoms with Crippen molar-refractivity contribution in [2.75, 3.05) is 31.1 Å². The zero-order valence-corrected chi connectivity index (χ0v) is 39.7. The lowest BCUT2D eigenvalue weighted by Gasteiger charge is -2.29. The second-order valence-electron chi connectivity index (χ2n) is 16.0. The number of carboxylic acids is 2. The zero-order valence-electron chi connectivity index (χ0n) is 38.0. The summed E-state index contributed by atoms with van der Waals surface area (Å²) in [6.07, 6.45) is 1.85. The van der Waals surface area contributed by atoms with Crippen LogP contribution >= 0.6 is 25.3 Å². The Morgan fingerprint density at radius 2 is 1.44 bits per heavy atom. The number of rotatable bonds is 28. The lowest BCUT2D eigenvalue weighted by atomic mass is 10.0. The smallest absolute Gasteiger partial charge is 0.327 e. The van der Waals surface area contributed by atoms with Crippen molar-refractivity contribution in [1.82, 2.24) is 52.1 Å². The van der Waals surface area contributed by atoms with Gasteiger partial charge in [0, 0.05) is 49.3 Å². The predicted octanol–water partition coefficient (Wildman–Crippen LogP) is -5.26. The predicted molar refractivity (Wildman–Crippen MR) is 255 cm³/mol. The van der Waals surface area contributed by atoms with E-state index in [1.165, 1.54) is 48.6 Å². The van der Waals surface area contributed by atoms with Gasteiger partial charge in [-0.25, -0.2) is 9.78 Å². The Bertz CT molecular complexity index is 2200. The van der Waals surface area contributed by atoms with Crippen molar-refractivity contribution in [2.45, 2.75) is 100 Å². The van der Waals surface area contributed by atoms with E-state index in [2.05, 4.69) is 77.4 Å². The fourth-order valence-electron chi connectivity index (χ4n) is 6.88. The molecule has 0 saturated carbocycles. The second-order valence-corrected chi connectivity index (χ2v) is 16.7. The maximum absolute atomic E-state index is 14.0. The highest BCUT2D eigenvalue weighted by molar-refractivity contribution is 7.80. The van der Waals surface area contributed by atoms with Crippen LogP contribution in [0.2, 0.25) is 0 Å². The summed E-state index contributed by atoms with van der Waals surface area (Å²) in [6, 6.07) is -5.48. The number of imidazole rings is 1. The van der Waals surface area contributed by atoms with Gasteiger partial charge in [-0.05, 0) is 50.3 Å². The van der Waals surface area contributed by atoms with Gasteiger partial charge < -0.3 is 79.6 Å². The van der Waals surface area contributed by atoms with E-state index in [1.54, 1.807) is 0 Å². The summed E-state index contributed by atoms with van der Waals surface area (Å²) in [7, 11) is 0. The molecular weight excluding hydrogens is 961 g/mol.